The molecular weight excluding hydrogens is 260 g/mol. The first-order valence-corrected chi connectivity index (χ1v) is 7.96. The van der Waals surface area contributed by atoms with Crippen LogP contribution in [0.1, 0.15) is 44.9 Å². The van der Waals surface area contributed by atoms with Crippen LogP contribution in [0, 0.1) is 12.8 Å². The number of nitrogens with one attached hydrogen (secondary N) is 2. The molecule has 1 aromatic carbocycles. The van der Waals surface area contributed by atoms with Crippen LogP contribution in [-0.4, -0.2) is 21.2 Å². The van der Waals surface area contributed by atoms with Gasteiger partial charge in [0.1, 0.15) is 5.82 Å². The third kappa shape index (κ3) is 3.63. The van der Waals surface area contributed by atoms with Crippen LogP contribution in [0.2, 0.25) is 0 Å². The number of aryl methyl sites for hydroxylation is 1. The molecule has 1 aliphatic carbocycles. The lowest BCUT2D eigenvalue weighted by atomic mass is 10.0. The SMILES string of the molecule is Cc1nc(-c2cccc(NC3CCCC(C)CC3)c2)n[nH]1. The van der Waals surface area contributed by atoms with Crippen molar-refractivity contribution in [3.8, 4) is 11.4 Å². The van der Waals surface area contributed by atoms with Gasteiger partial charge in [0.05, 0.1) is 0 Å². The van der Waals surface area contributed by atoms with E-state index in [9.17, 15) is 0 Å². The van der Waals surface area contributed by atoms with Crippen LogP contribution < -0.4 is 5.32 Å². The molecule has 1 fully saturated rings. The molecule has 3 rings (SSSR count). The highest BCUT2D eigenvalue weighted by molar-refractivity contribution is 5.62. The summed E-state index contributed by atoms with van der Waals surface area (Å²) in [4.78, 5) is 4.40. The maximum absolute atomic E-state index is 4.40. The Morgan fingerprint density at radius 1 is 1.19 bits per heavy atom. The number of rotatable bonds is 3. The Morgan fingerprint density at radius 2 is 2.10 bits per heavy atom. The van der Waals surface area contributed by atoms with Gasteiger partial charge in [-0.05, 0) is 44.2 Å². The number of benzene rings is 1. The zero-order valence-corrected chi connectivity index (χ0v) is 12.9. The van der Waals surface area contributed by atoms with Crippen molar-refractivity contribution in [1.82, 2.24) is 15.2 Å². The number of aromatic amines is 1. The summed E-state index contributed by atoms with van der Waals surface area (Å²) >= 11 is 0. The molecule has 0 saturated heterocycles. The van der Waals surface area contributed by atoms with Gasteiger partial charge in [-0.15, -0.1) is 0 Å². The second-order valence-corrected chi connectivity index (χ2v) is 6.28. The van der Waals surface area contributed by atoms with E-state index in [2.05, 4.69) is 51.7 Å². The van der Waals surface area contributed by atoms with E-state index >= 15 is 0 Å². The van der Waals surface area contributed by atoms with E-state index in [1.807, 2.05) is 6.92 Å². The lowest BCUT2D eigenvalue weighted by Gasteiger charge is -2.18. The molecule has 0 amide bonds. The Labute approximate surface area is 126 Å². The Kier molecular flexibility index (Phi) is 4.23. The maximum Gasteiger partial charge on any atom is 0.181 e. The molecule has 0 aliphatic heterocycles. The average molecular weight is 284 g/mol. The van der Waals surface area contributed by atoms with E-state index in [0.717, 1.165) is 23.1 Å². The fourth-order valence-electron chi connectivity index (χ4n) is 3.09. The minimum Gasteiger partial charge on any atom is -0.382 e. The standard InChI is InChI=1S/C17H24N4/c1-12-5-3-7-15(10-9-12)19-16-8-4-6-14(11-16)17-18-13(2)20-21-17/h4,6,8,11-12,15,19H,3,5,7,9-10H2,1-2H3,(H,18,20,21). The lowest BCUT2D eigenvalue weighted by Crippen LogP contribution is -2.18. The highest BCUT2D eigenvalue weighted by Gasteiger charge is 2.16. The van der Waals surface area contributed by atoms with Crippen molar-refractivity contribution in [2.45, 2.75) is 52.0 Å². The van der Waals surface area contributed by atoms with Crippen LogP contribution >= 0.6 is 0 Å². The van der Waals surface area contributed by atoms with Crippen LogP contribution in [0.5, 0.6) is 0 Å². The summed E-state index contributed by atoms with van der Waals surface area (Å²) in [6, 6.07) is 9.01. The maximum atomic E-state index is 4.40. The molecule has 1 aromatic heterocycles. The highest BCUT2D eigenvalue weighted by atomic mass is 15.2. The fourth-order valence-corrected chi connectivity index (χ4v) is 3.09. The Balaban J connectivity index is 1.71. The second-order valence-electron chi connectivity index (χ2n) is 6.28. The number of H-pyrrole nitrogens is 1. The van der Waals surface area contributed by atoms with E-state index < -0.39 is 0 Å². The third-order valence-electron chi connectivity index (χ3n) is 4.35. The predicted molar refractivity (Wildman–Crippen MR) is 86.2 cm³/mol. The Morgan fingerprint density at radius 3 is 2.90 bits per heavy atom. The van der Waals surface area contributed by atoms with Crippen molar-refractivity contribution in [3.63, 3.8) is 0 Å². The van der Waals surface area contributed by atoms with E-state index in [0.29, 0.717) is 6.04 Å². The molecular formula is C17H24N4. The van der Waals surface area contributed by atoms with Gasteiger partial charge in [0.25, 0.3) is 0 Å². The molecule has 2 aromatic rings. The number of hydrogen-bond donors (Lipinski definition) is 2. The van der Waals surface area contributed by atoms with E-state index in [1.54, 1.807) is 0 Å². The lowest BCUT2D eigenvalue weighted by molar-refractivity contribution is 0.502. The van der Waals surface area contributed by atoms with Crippen LogP contribution in [0.25, 0.3) is 11.4 Å². The normalized spacial score (nSPS) is 22.8. The molecule has 2 unspecified atom stereocenters. The fraction of sp³-hybridized carbons (Fsp3) is 0.529. The average Bonchev–Trinajstić information content (AvgIpc) is 2.81. The van der Waals surface area contributed by atoms with Crippen molar-refractivity contribution in [3.05, 3.63) is 30.1 Å². The van der Waals surface area contributed by atoms with Crippen molar-refractivity contribution < 1.29 is 0 Å². The molecule has 1 aliphatic rings. The molecule has 2 atom stereocenters. The van der Waals surface area contributed by atoms with Crippen LogP contribution in [0.3, 0.4) is 0 Å². The monoisotopic (exact) mass is 284 g/mol. The topological polar surface area (TPSA) is 53.6 Å². The van der Waals surface area contributed by atoms with Gasteiger partial charge in [-0.1, -0.05) is 31.9 Å². The van der Waals surface area contributed by atoms with Crippen molar-refractivity contribution in [2.24, 2.45) is 5.92 Å². The molecule has 1 heterocycles. The first-order chi connectivity index (χ1) is 10.2. The first-order valence-electron chi connectivity index (χ1n) is 7.96. The summed E-state index contributed by atoms with van der Waals surface area (Å²) in [5.74, 6) is 2.49. The number of nitrogens with zero attached hydrogens (tertiary/aromatic N) is 2. The van der Waals surface area contributed by atoms with Crippen LogP contribution in [0.4, 0.5) is 5.69 Å². The zero-order chi connectivity index (χ0) is 14.7. The molecule has 4 heteroatoms. The van der Waals surface area contributed by atoms with Gasteiger partial charge in [-0.25, -0.2) is 4.98 Å². The van der Waals surface area contributed by atoms with Crippen LogP contribution in [-0.2, 0) is 0 Å². The summed E-state index contributed by atoms with van der Waals surface area (Å²) in [5.41, 5.74) is 2.24. The summed E-state index contributed by atoms with van der Waals surface area (Å²) in [6.07, 6.45) is 6.57. The van der Waals surface area contributed by atoms with Crippen molar-refractivity contribution in [1.29, 1.82) is 0 Å². The minimum absolute atomic E-state index is 0.596. The Bertz CT molecular complexity index is 590. The molecule has 0 radical (unpaired) electrons. The molecule has 2 N–H and O–H groups in total. The van der Waals surface area contributed by atoms with Gasteiger partial charge in [-0.2, -0.15) is 5.10 Å². The molecule has 1 saturated carbocycles. The van der Waals surface area contributed by atoms with Crippen molar-refractivity contribution >= 4 is 5.69 Å². The summed E-state index contributed by atoms with van der Waals surface area (Å²) in [6.45, 7) is 4.29. The van der Waals surface area contributed by atoms with Crippen LogP contribution in [0.15, 0.2) is 24.3 Å². The van der Waals surface area contributed by atoms with Gasteiger partial charge < -0.3 is 5.32 Å². The molecule has 21 heavy (non-hydrogen) atoms. The first kappa shape index (κ1) is 14.1. The number of anilines is 1. The van der Waals surface area contributed by atoms with Gasteiger partial charge in [0.15, 0.2) is 5.82 Å². The quantitative estimate of drug-likeness (QED) is 0.832. The van der Waals surface area contributed by atoms with E-state index in [1.165, 1.54) is 37.8 Å². The van der Waals surface area contributed by atoms with Gasteiger partial charge in [0, 0.05) is 17.3 Å². The highest BCUT2D eigenvalue weighted by Crippen LogP contribution is 2.26. The predicted octanol–water partition coefficient (Wildman–Crippen LogP) is 4.16. The molecule has 112 valence electrons. The summed E-state index contributed by atoms with van der Waals surface area (Å²) in [7, 11) is 0. The largest absolute Gasteiger partial charge is 0.382 e. The second kappa shape index (κ2) is 6.29. The number of hydrogen-bond acceptors (Lipinski definition) is 3. The molecule has 4 nitrogen and oxygen atoms in total. The Hall–Kier alpha value is -1.84. The third-order valence-corrected chi connectivity index (χ3v) is 4.35. The van der Waals surface area contributed by atoms with Gasteiger partial charge >= 0.3 is 0 Å². The van der Waals surface area contributed by atoms with Crippen molar-refractivity contribution in [2.75, 3.05) is 5.32 Å². The van der Waals surface area contributed by atoms with E-state index in [-0.39, 0.29) is 0 Å². The summed E-state index contributed by atoms with van der Waals surface area (Å²) < 4.78 is 0. The van der Waals surface area contributed by atoms with Gasteiger partial charge in [-0.3, -0.25) is 5.10 Å². The minimum atomic E-state index is 0.596. The van der Waals surface area contributed by atoms with Gasteiger partial charge in [0.2, 0.25) is 0 Å². The molecule has 0 spiro atoms. The summed E-state index contributed by atoms with van der Waals surface area (Å²) in [5, 5.41) is 10.8. The number of aromatic nitrogens is 3. The van der Waals surface area contributed by atoms with E-state index in [4.69, 9.17) is 0 Å². The smallest absolute Gasteiger partial charge is 0.181 e. The zero-order valence-electron chi connectivity index (χ0n) is 12.9. The molecule has 0 bridgehead atoms.